The van der Waals surface area contributed by atoms with Crippen LogP contribution in [0.2, 0.25) is 0 Å². The van der Waals surface area contributed by atoms with E-state index >= 15 is 0 Å². The van der Waals surface area contributed by atoms with Crippen molar-refractivity contribution in [3.8, 4) is 5.69 Å². The zero-order valence-electron chi connectivity index (χ0n) is 14.1. The van der Waals surface area contributed by atoms with Crippen molar-refractivity contribution in [3.63, 3.8) is 0 Å². The highest BCUT2D eigenvalue weighted by atomic mass is 16.1. The monoisotopic (exact) mass is 336 g/mol. The summed E-state index contributed by atoms with van der Waals surface area (Å²) < 4.78 is 3.49. The van der Waals surface area contributed by atoms with Crippen LogP contribution in [-0.2, 0) is 4.79 Å². The lowest BCUT2D eigenvalue weighted by atomic mass is 10.1. The summed E-state index contributed by atoms with van der Waals surface area (Å²) in [4.78, 5) is 16.0. The summed E-state index contributed by atoms with van der Waals surface area (Å²) >= 11 is 0. The highest BCUT2D eigenvalue weighted by Gasteiger charge is 2.15. The van der Waals surface area contributed by atoms with Crippen LogP contribution in [-0.4, -0.2) is 36.5 Å². The lowest BCUT2D eigenvalue weighted by Gasteiger charge is -2.20. The first-order chi connectivity index (χ1) is 12.1. The summed E-state index contributed by atoms with van der Waals surface area (Å²) in [6.45, 7) is 3.92. The lowest BCUT2D eigenvalue weighted by Crippen LogP contribution is -2.37. The molecule has 7 heteroatoms. The molecule has 0 fully saturated rings. The van der Waals surface area contributed by atoms with Crippen LogP contribution in [0.5, 0.6) is 0 Å². The van der Waals surface area contributed by atoms with Gasteiger partial charge in [-0.05, 0) is 32.1 Å². The van der Waals surface area contributed by atoms with E-state index in [2.05, 4.69) is 20.5 Å². The first-order valence-electron chi connectivity index (χ1n) is 8.06. The molecule has 2 unspecified atom stereocenters. The minimum absolute atomic E-state index is 0.0145. The first-order valence-corrected chi connectivity index (χ1v) is 8.06. The summed E-state index contributed by atoms with van der Waals surface area (Å²) in [5.74, 6) is -0.160. The van der Waals surface area contributed by atoms with Crippen LogP contribution >= 0.6 is 0 Å². The van der Waals surface area contributed by atoms with Crippen molar-refractivity contribution in [1.82, 2.24) is 29.9 Å². The van der Waals surface area contributed by atoms with Gasteiger partial charge >= 0.3 is 0 Å². The van der Waals surface area contributed by atoms with E-state index in [1.807, 2.05) is 50.4 Å². The van der Waals surface area contributed by atoms with Gasteiger partial charge in [-0.25, -0.2) is 14.3 Å². The molecule has 7 nitrogen and oxygen atoms in total. The van der Waals surface area contributed by atoms with Crippen molar-refractivity contribution in [2.75, 3.05) is 0 Å². The van der Waals surface area contributed by atoms with Crippen molar-refractivity contribution in [2.45, 2.75) is 25.9 Å². The summed E-state index contributed by atoms with van der Waals surface area (Å²) in [5, 5.41) is 11.3. The molecular formula is C18H20N6O. The average molecular weight is 336 g/mol. The van der Waals surface area contributed by atoms with E-state index in [1.54, 1.807) is 28.0 Å². The fourth-order valence-electron chi connectivity index (χ4n) is 2.37. The van der Waals surface area contributed by atoms with Gasteiger partial charge < -0.3 is 5.32 Å². The highest BCUT2D eigenvalue weighted by Crippen LogP contribution is 2.10. The van der Waals surface area contributed by atoms with E-state index in [9.17, 15) is 4.79 Å². The van der Waals surface area contributed by atoms with E-state index in [-0.39, 0.29) is 18.0 Å². The van der Waals surface area contributed by atoms with Gasteiger partial charge in [0.25, 0.3) is 0 Å². The lowest BCUT2D eigenvalue weighted by molar-refractivity contribution is -0.117. The first kappa shape index (κ1) is 16.6. The standard InChI is InChI=1S/C18H20N6O/c1-14(15(2)24-13-19-12-21-24)22-18(25)9-8-16-10-20-23(11-16)17-6-4-3-5-7-17/h3-15H,1-2H3,(H,22,25)/b9-8+. The maximum Gasteiger partial charge on any atom is 0.244 e. The van der Waals surface area contributed by atoms with Crippen LogP contribution in [0.1, 0.15) is 25.5 Å². The summed E-state index contributed by atoms with van der Waals surface area (Å²) in [7, 11) is 0. The quantitative estimate of drug-likeness (QED) is 0.700. The summed E-state index contributed by atoms with van der Waals surface area (Å²) in [6.07, 6.45) is 9.97. The summed E-state index contributed by atoms with van der Waals surface area (Å²) in [5.41, 5.74) is 1.83. The smallest absolute Gasteiger partial charge is 0.244 e. The Morgan fingerprint density at radius 3 is 2.72 bits per heavy atom. The number of carbonyl (C=O) groups excluding carboxylic acids is 1. The van der Waals surface area contributed by atoms with Crippen molar-refractivity contribution in [2.24, 2.45) is 0 Å². The van der Waals surface area contributed by atoms with Gasteiger partial charge in [-0.3, -0.25) is 4.79 Å². The Balaban J connectivity index is 1.58. The fraction of sp³-hybridized carbons (Fsp3) is 0.222. The Morgan fingerprint density at radius 2 is 2.00 bits per heavy atom. The molecule has 0 aliphatic heterocycles. The van der Waals surface area contributed by atoms with E-state index in [4.69, 9.17) is 0 Å². The molecule has 2 atom stereocenters. The highest BCUT2D eigenvalue weighted by molar-refractivity contribution is 5.91. The molecule has 0 aliphatic carbocycles. The van der Waals surface area contributed by atoms with Crippen molar-refractivity contribution in [1.29, 1.82) is 0 Å². The van der Waals surface area contributed by atoms with E-state index in [1.165, 1.54) is 12.4 Å². The average Bonchev–Trinajstić information content (AvgIpc) is 3.32. The predicted molar refractivity (Wildman–Crippen MR) is 94.9 cm³/mol. The Kier molecular flexibility index (Phi) is 5.03. The number of benzene rings is 1. The second-order valence-electron chi connectivity index (χ2n) is 5.80. The Bertz CT molecular complexity index is 838. The van der Waals surface area contributed by atoms with Crippen LogP contribution in [0, 0.1) is 0 Å². The number of hydrogen-bond acceptors (Lipinski definition) is 4. The molecule has 0 bridgehead atoms. The second kappa shape index (κ2) is 7.57. The minimum atomic E-state index is -0.160. The van der Waals surface area contributed by atoms with Gasteiger partial charge in [0.05, 0.1) is 17.9 Å². The molecule has 3 rings (SSSR count). The number of carbonyl (C=O) groups is 1. The number of hydrogen-bond donors (Lipinski definition) is 1. The molecule has 1 amide bonds. The Hall–Kier alpha value is -3.22. The number of nitrogens with one attached hydrogen (secondary N) is 1. The van der Waals surface area contributed by atoms with Gasteiger partial charge in [-0.1, -0.05) is 18.2 Å². The zero-order valence-corrected chi connectivity index (χ0v) is 14.1. The largest absolute Gasteiger partial charge is 0.348 e. The van der Waals surface area contributed by atoms with Crippen molar-refractivity contribution >= 4 is 12.0 Å². The number of amides is 1. The van der Waals surface area contributed by atoms with Crippen LogP contribution in [0.25, 0.3) is 11.8 Å². The van der Waals surface area contributed by atoms with E-state index in [0.29, 0.717) is 0 Å². The Morgan fingerprint density at radius 1 is 1.20 bits per heavy atom. The molecule has 0 radical (unpaired) electrons. The molecule has 25 heavy (non-hydrogen) atoms. The fourth-order valence-corrected chi connectivity index (χ4v) is 2.37. The third-order valence-electron chi connectivity index (χ3n) is 4.00. The molecular weight excluding hydrogens is 316 g/mol. The molecule has 0 saturated carbocycles. The van der Waals surface area contributed by atoms with E-state index < -0.39 is 0 Å². The molecule has 2 aromatic heterocycles. The predicted octanol–water partition coefficient (Wildman–Crippen LogP) is 2.24. The van der Waals surface area contributed by atoms with Gasteiger partial charge in [0, 0.05) is 23.9 Å². The molecule has 128 valence electrons. The molecule has 3 aromatic rings. The number of para-hydroxylation sites is 1. The van der Waals surface area contributed by atoms with Gasteiger partial charge in [0.1, 0.15) is 12.7 Å². The SMILES string of the molecule is CC(NC(=O)/C=C/c1cnn(-c2ccccc2)c1)C(C)n1cncn1. The van der Waals surface area contributed by atoms with Crippen molar-refractivity contribution in [3.05, 3.63) is 67.0 Å². The number of rotatable bonds is 6. The third-order valence-corrected chi connectivity index (χ3v) is 4.00. The van der Waals surface area contributed by atoms with Gasteiger partial charge in [0.2, 0.25) is 5.91 Å². The molecule has 0 spiro atoms. The second-order valence-corrected chi connectivity index (χ2v) is 5.80. The van der Waals surface area contributed by atoms with E-state index in [0.717, 1.165) is 11.3 Å². The van der Waals surface area contributed by atoms with Crippen LogP contribution in [0.4, 0.5) is 0 Å². The molecule has 2 heterocycles. The zero-order chi connectivity index (χ0) is 17.6. The van der Waals surface area contributed by atoms with Crippen LogP contribution in [0.15, 0.2) is 61.5 Å². The minimum Gasteiger partial charge on any atom is -0.348 e. The molecule has 0 aliphatic rings. The topological polar surface area (TPSA) is 77.6 Å². The third kappa shape index (κ3) is 4.20. The number of nitrogens with zero attached hydrogens (tertiary/aromatic N) is 5. The molecule has 1 aromatic carbocycles. The van der Waals surface area contributed by atoms with Crippen LogP contribution < -0.4 is 5.32 Å². The van der Waals surface area contributed by atoms with Crippen LogP contribution in [0.3, 0.4) is 0 Å². The normalized spacial score (nSPS) is 13.7. The Labute approximate surface area is 146 Å². The maximum atomic E-state index is 12.1. The maximum absolute atomic E-state index is 12.1. The van der Waals surface area contributed by atoms with Crippen molar-refractivity contribution < 1.29 is 4.79 Å². The summed E-state index contributed by atoms with van der Waals surface area (Å²) in [6, 6.07) is 9.75. The molecule has 0 saturated heterocycles. The van der Waals surface area contributed by atoms with Gasteiger partial charge in [-0.15, -0.1) is 0 Å². The molecule has 1 N–H and O–H groups in total. The van der Waals surface area contributed by atoms with Gasteiger partial charge in [-0.2, -0.15) is 10.2 Å². The number of aromatic nitrogens is 5. The van der Waals surface area contributed by atoms with Gasteiger partial charge in [0.15, 0.2) is 0 Å².